The summed E-state index contributed by atoms with van der Waals surface area (Å²) in [7, 11) is 0. The zero-order chi connectivity index (χ0) is 17.7. The van der Waals surface area contributed by atoms with E-state index in [1.54, 1.807) is 6.20 Å². The number of carbonyl (C=O) groups is 1. The highest BCUT2D eigenvalue weighted by Crippen LogP contribution is 2.50. The monoisotopic (exact) mass is 355 g/mol. The molecule has 7 heteroatoms. The molecule has 138 valence electrons. The summed E-state index contributed by atoms with van der Waals surface area (Å²) in [6.45, 7) is 4.16. The number of fused-ring (bicyclic) bond motifs is 1. The van der Waals surface area contributed by atoms with Gasteiger partial charge >= 0.3 is 0 Å². The van der Waals surface area contributed by atoms with E-state index in [1.165, 1.54) is 19.3 Å². The Kier molecular flexibility index (Phi) is 3.65. The van der Waals surface area contributed by atoms with Gasteiger partial charge in [-0.15, -0.1) is 0 Å². The molecule has 0 N–H and O–H groups in total. The van der Waals surface area contributed by atoms with Gasteiger partial charge in [-0.1, -0.05) is 18.0 Å². The first kappa shape index (κ1) is 16.0. The van der Waals surface area contributed by atoms with Gasteiger partial charge in [0.25, 0.3) is 5.91 Å². The fraction of sp³-hybridized carbons (Fsp3) is 0.684. The van der Waals surface area contributed by atoms with E-state index in [0.717, 1.165) is 38.2 Å². The van der Waals surface area contributed by atoms with Crippen LogP contribution in [0, 0.1) is 18.8 Å². The van der Waals surface area contributed by atoms with E-state index in [4.69, 9.17) is 4.52 Å². The average molecular weight is 355 g/mol. The van der Waals surface area contributed by atoms with Gasteiger partial charge in [-0.2, -0.15) is 10.1 Å². The number of rotatable bonds is 4. The topological polar surface area (TPSA) is 77.0 Å². The summed E-state index contributed by atoms with van der Waals surface area (Å²) < 4.78 is 7.46. The van der Waals surface area contributed by atoms with Crippen LogP contribution in [-0.2, 0) is 12.0 Å². The second-order valence-electron chi connectivity index (χ2n) is 8.27. The van der Waals surface area contributed by atoms with Gasteiger partial charge in [0.15, 0.2) is 5.82 Å². The lowest BCUT2D eigenvalue weighted by atomic mass is 9.80. The summed E-state index contributed by atoms with van der Waals surface area (Å²) in [5.41, 5.74) is 0.559. The van der Waals surface area contributed by atoms with Gasteiger partial charge in [0, 0.05) is 25.8 Å². The number of nitrogens with zero attached hydrogens (tertiary/aromatic N) is 5. The molecule has 7 nitrogen and oxygen atoms in total. The SMILES string of the molecule is Cc1noc([C@]23CCC[C@H]2CN(C(=O)c2ccnn2CC2CCC2)C3)n1. The molecule has 2 aromatic rings. The lowest BCUT2D eigenvalue weighted by molar-refractivity contribution is 0.0759. The van der Waals surface area contributed by atoms with E-state index in [2.05, 4.69) is 15.2 Å². The van der Waals surface area contributed by atoms with Crippen LogP contribution in [-0.4, -0.2) is 43.8 Å². The molecule has 3 fully saturated rings. The first-order chi connectivity index (χ1) is 12.7. The standard InChI is InChI=1S/C19H25N5O2/c1-13-21-18(26-22-13)19-8-3-6-15(19)11-23(12-19)17(25)16-7-9-20-24(16)10-14-4-2-5-14/h7,9,14-15H,2-6,8,10-12H2,1H3/t15-,19-/m0/s1. The van der Waals surface area contributed by atoms with E-state index in [-0.39, 0.29) is 11.3 Å². The molecule has 1 aliphatic heterocycles. The summed E-state index contributed by atoms with van der Waals surface area (Å²) >= 11 is 0. The van der Waals surface area contributed by atoms with Crippen LogP contribution in [0.25, 0.3) is 0 Å². The van der Waals surface area contributed by atoms with Crippen molar-refractivity contribution in [3.8, 4) is 0 Å². The predicted octanol–water partition coefficient (Wildman–Crippen LogP) is 2.57. The van der Waals surface area contributed by atoms with Crippen molar-refractivity contribution in [1.82, 2.24) is 24.8 Å². The van der Waals surface area contributed by atoms with Gasteiger partial charge in [-0.3, -0.25) is 9.48 Å². The summed E-state index contributed by atoms with van der Waals surface area (Å²) in [5, 5.41) is 8.40. The Morgan fingerprint density at radius 3 is 2.96 bits per heavy atom. The molecule has 1 amide bonds. The largest absolute Gasteiger partial charge is 0.339 e. The minimum atomic E-state index is -0.157. The highest BCUT2D eigenvalue weighted by atomic mass is 16.5. The zero-order valence-corrected chi connectivity index (χ0v) is 15.2. The zero-order valence-electron chi connectivity index (χ0n) is 15.2. The number of aryl methyl sites for hydroxylation is 1. The fourth-order valence-corrected chi connectivity index (χ4v) is 5.03. The molecule has 3 aliphatic rings. The predicted molar refractivity (Wildman–Crippen MR) is 93.5 cm³/mol. The Balaban J connectivity index is 1.38. The van der Waals surface area contributed by atoms with Gasteiger partial charge in [0.1, 0.15) is 5.69 Å². The Morgan fingerprint density at radius 1 is 1.35 bits per heavy atom. The van der Waals surface area contributed by atoms with Crippen LogP contribution in [0.1, 0.15) is 60.7 Å². The Bertz CT molecular complexity index is 824. The smallest absolute Gasteiger partial charge is 0.272 e. The summed E-state index contributed by atoms with van der Waals surface area (Å²) in [4.78, 5) is 19.7. The number of amides is 1. The highest BCUT2D eigenvalue weighted by Gasteiger charge is 2.55. The first-order valence-electron chi connectivity index (χ1n) is 9.77. The highest BCUT2D eigenvalue weighted by molar-refractivity contribution is 5.93. The van der Waals surface area contributed by atoms with Crippen LogP contribution in [0.3, 0.4) is 0 Å². The molecule has 0 spiro atoms. The first-order valence-corrected chi connectivity index (χ1v) is 9.77. The minimum absolute atomic E-state index is 0.0897. The van der Waals surface area contributed by atoms with E-state index >= 15 is 0 Å². The van der Waals surface area contributed by atoms with Crippen molar-refractivity contribution in [2.45, 2.75) is 57.4 Å². The van der Waals surface area contributed by atoms with Crippen molar-refractivity contribution in [3.05, 3.63) is 29.7 Å². The van der Waals surface area contributed by atoms with E-state index in [0.29, 0.717) is 29.9 Å². The maximum absolute atomic E-state index is 13.2. The lowest BCUT2D eigenvalue weighted by Crippen LogP contribution is -2.36. The van der Waals surface area contributed by atoms with Gasteiger partial charge in [0.05, 0.1) is 5.41 Å². The van der Waals surface area contributed by atoms with Crippen LogP contribution in [0.2, 0.25) is 0 Å². The summed E-state index contributed by atoms with van der Waals surface area (Å²) in [6, 6.07) is 1.86. The van der Waals surface area contributed by atoms with Crippen molar-refractivity contribution in [3.63, 3.8) is 0 Å². The maximum atomic E-state index is 13.2. The molecule has 26 heavy (non-hydrogen) atoms. The number of aromatic nitrogens is 4. The van der Waals surface area contributed by atoms with Crippen LogP contribution < -0.4 is 0 Å². The van der Waals surface area contributed by atoms with E-state index in [9.17, 15) is 4.79 Å². The van der Waals surface area contributed by atoms with Gasteiger partial charge in [-0.05, 0) is 50.5 Å². The third kappa shape index (κ3) is 2.40. The second-order valence-corrected chi connectivity index (χ2v) is 8.27. The summed E-state index contributed by atoms with van der Waals surface area (Å²) in [5.74, 6) is 2.56. The molecule has 0 radical (unpaired) electrons. The normalized spacial score (nSPS) is 28.3. The van der Waals surface area contributed by atoms with Gasteiger partial charge in [0.2, 0.25) is 5.89 Å². The molecule has 0 aromatic carbocycles. The molecule has 0 bridgehead atoms. The van der Waals surface area contributed by atoms with E-state index in [1.807, 2.05) is 22.6 Å². The van der Waals surface area contributed by atoms with Gasteiger partial charge in [-0.25, -0.2) is 0 Å². The summed E-state index contributed by atoms with van der Waals surface area (Å²) in [6.07, 6.45) is 8.84. The Labute approximate surface area is 152 Å². The molecule has 2 atom stereocenters. The fourth-order valence-electron chi connectivity index (χ4n) is 5.03. The van der Waals surface area contributed by atoms with Crippen molar-refractivity contribution < 1.29 is 9.32 Å². The van der Waals surface area contributed by atoms with E-state index < -0.39 is 0 Å². The molecule has 2 aromatic heterocycles. The molecule has 3 heterocycles. The molecular formula is C19H25N5O2. The van der Waals surface area contributed by atoms with Crippen LogP contribution >= 0.6 is 0 Å². The third-order valence-corrected chi connectivity index (χ3v) is 6.70. The average Bonchev–Trinajstić information content (AvgIpc) is 3.32. The molecular weight excluding hydrogens is 330 g/mol. The van der Waals surface area contributed by atoms with Crippen molar-refractivity contribution in [1.29, 1.82) is 0 Å². The molecule has 1 saturated heterocycles. The van der Waals surface area contributed by atoms with Crippen LogP contribution in [0.15, 0.2) is 16.8 Å². The van der Waals surface area contributed by atoms with Crippen molar-refractivity contribution >= 4 is 5.91 Å². The quantitative estimate of drug-likeness (QED) is 0.842. The van der Waals surface area contributed by atoms with Crippen LogP contribution in [0.4, 0.5) is 0 Å². The number of likely N-dealkylation sites (tertiary alicyclic amines) is 1. The molecule has 5 rings (SSSR count). The Hall–Kier alpha value is -2.18. The number of hydrogen-bond donors (Lipinski definition) is 0. The third-order valence-electron chi connectivity index (χ3n) is 6.70. The molecule has 2 aliphatic carbocycles. The van der Waals surface area contributed by atoms with Crippen molar-refractivity contribution in [2.75, 3.05) is 13.1 Å². The number of carbonyl (C=O) groups excluding carboxylic acids is 1. The lowest BCUT2D eigenvalue weighted by Gasteiger charge is -2.27. The number of hydrogen-bond acceptors (Lipinski definition) is 5. The van der Waals surface area contributed by atoms with Crippen LogP contribution in [0.5, 0.6) is 0 Å². The van der Waals surface area contributed by atoms with Gasteiger partial charge < -0.3 is 9.42 Å². The molecule has 2 saturated carbocycles. The van der Waals surface area contributed by atoms with Crippen molar-refractivity contribution in [2.24, 2.45) is 11.8 Å². The maximum Gasteiger partial charge on any atom is 0.272 e. The molecule has 0 unspecified atom stereocenters. The minimum Gasteiger partial charge on any atom is -0.339 e. The second kappa shape index (κ2) is 5.93. The Morgan fingerprint density at radius 2 is 2.23 bits per heavy atom.